The van der Waals surface area contributed by atoms with Crippen LogP contribution in [0.4, 0.5) is 4.39 Å². The molecular formula is C40H57FO4. The van der Waals surface area contributed by atoms with Gasteiger partial charge in [-0.1, -0.05) is 128 Å². The highest BCUT2D eigenvalue weighted by atomic mass is 19.1. The summed E-state index contributed by atoms with van der Waals surface area (Å²) in [4.78, 5) is 0. The Morgan fingerprint density at radius 1 is 0.578 bits per heavy atom. The standard InChI is InChI=1S/C40H57FO4/c1-5-9-12-13-14-19-29-43-39-27-24-33(31-37(39)41)36-21-16-15-20-35(36)32-22-25-34(26-23-32)45-40(44-30-18-11-7-3)38(8-4)42-28-17-10-6-2/h15-16,20-27,31,38,40H,5-14,17-19,28-30H2,1-4H3/t38-,40?/m0/s1. The van der Waals surface area contributed by atoms with E-state index in [2.05, 4.69) is 45.9 Å². The number of rotatable bonds is 24. The van der Waals surface area contributed by atoms with Crippen LogP contribution in [0.2, 0.25) is 0 Å². The van der Waals surface area contributed by atoms with Gasteiger partial charge in [-0.05, 0) is 72.2 Å². The maximum absolute atomic E-state index is 15.1. The molecule has 4 nitrogen and oxygen atoms in total. The van der Waals surface area contributed by atoms with Gasteiger partial charge in [-0.15, -0.1) is 0 Å². The smallest absolute Gasteiger partial charge is 0.226 e. The summed E-state index contributed by atoms with van der Waals surface area (Å²) in [5, 5.41) is 0. The molecule has 0 aliphatic heterocycles. The predicted molar refractivity (Wildman–Crippen MR) is 186 cm³/mol. The summed E-state index contributed by atoms with van der Waals surface area (Å²) in [6.07, 6.45) is 13.9. The van der Waals surface area contributed by atoms with E-state index in [1.807, 2.05) is 36.4 Å². The molecular weight excluding hydrogens is 563 g/mol. The van der Waals surface area contributed by atoms with Crippen LogP contribution in [0.25, 0.3) is 22.3 Å². The zero-order valence-electron chi connectivity index (χ0n) is 28.3. The Morgan fingerprint density at radius 2 is 1.13 bits per heavy atom. The van der Waals surface area contributed by atoms with Gasteiger partial charge in [0.15, 0.2) is 11.6 Å². The van der Waals surface area contributed by atoms with Crippen LogP contribution in [0.15, 0.2) is 66.7 Å². The Labute approximate surface area is 272 Å². The van der Waals surface area contributed by atoms with Crippen LogP contribution < -0.4 is 9.47 Å². The second-order valence-electron chi connectivity index (χ2n) is 11.9. The van der Waals surface area contributed by atoms with Crippen LogP contribution in [0.3, 0.4) is 0 Å². The van der Waals surface area contributed by atoms with E-state index in [-0.39, 0.29) is 11.9 Å². The largest absolute Gasteiger partial charge is 0.491 e. The van der Waals surface area contributed by atoms with Crippen molar-refractivity contribution in [3.63, 3.8) is 0 Å². The molecule has 0 saturated heterocycles. The molecule has 0 spiro atoms. The summed E-state index contributed by atoms with van der Waals surface area (Å²) < 4.78 is 39.7. The Balaban J connectivity index is 1.68. The quantitative estimate of drug-likeness (QED) is 0.0737. The summed E-state index contributed by atoms with van der Waals surface area (Å²) >= 11 is 0. The highest BCUT2D eigenvalue weighted by molar-refractivity contribution is 5.83. The molecule has 45 heavy (non-hydrogen) atoms. The molecule has 2 atom stereocenters. The minimum absolute atomic E-state index is 0.128. The van der Waals surface area contributed by atoms with Crippen molar-refractivity contribution in [2.24, 2.45) is 0 Å². The summed E-state index contributed by atoms with van der Waals surface area (Å²) in [7, 11) is 0. The average molecular weight is 621 g/mol. The second-order valence-corrected chi connectivity index (χ2v) is 11.9. The lowest BCUT2D eigenvalue weighted by Crippen LogP contribution is -2.36. The minimum Gasteiger partial charge on any atom is -0.491 e. The first-order valence-corrected chi connectivity index (χ1v) is 17.6. The topological polar surface area (TPSA) is 36.9 Å². The third-order valence-electron chi connectivity index (χ3n) is 8.16. The Kier molecular flexibility index (Phi) is 17.7. The van der Waals surface area contributed by atoms with Crippen molar-refractivity contribution in [3.8, 4) is 33.8 Å². The van der Waals surface area contributed by atoms with Crippen LogP contribution in [0.1, 0.15) is 111 Å². The number of halogens is 1. The van der Waals surface area contributed by atoms with Gasteiger partial charge in [-0.25, -0.2) is 4.39 Å². The number of hydrogen-bond donors (Lipinski definition) is 0. The fourth-order valence-corrected chi connectivity index (χ4v) is 5.43. The molecule has 248 valence electrons. The zero-order valence-corrected chi connectivity index (χ0v) is 28.3. The Bertz CT molecular complexity index is 1200. The van der Waals surface area contributed by atoms with Crippen molar-refractivity contribution in [2.75, 3.05) is 19.8 Å². The minimum atomic E-state index is -0.462. The summed E-state index contributed by atoms with van der Waals surface area (Å²) in [5.74, 6) is 0.729. The van der Waals surface area contributed by atoms with Gasteiger partial charge >= 0.3 is 0 Å². The van der Waals surface area contributed by atoms with Gasteiger partial charge in [0.05, 0.1) is 13.2 Å². The van der Waals surface area contributed by atoms with Crippen molar-refractivity contribution in [1.29, 1.82) is 0 Å². The molecule has 0 amide bonds. The number of hydrogen-bond acceptors (Lipinski definition) is 4. The van der Waals surface area contributed by atoms with Crippen molar-refractivity contribution in [3.05, 3.63) is 72.5 Å². The molecule has 3 aromatic rings. The second kappa shape index (κ2) is 21.8. The molecule has 0 heterocycles. The molecule has 0 aliphatic rings. The van der Waals surface area contributed by atoms with Crippen molar-refractivity contribution in [1.82, 2.24) is 0 Å². The van der Waals surface area contributed by atoms with E-state index < -0.39 is 6.29 Å². The van der Waals surface area contributed by atoms with E-state index in [1.54, 1.807) is 12.1 Å². The Hall–Kier alpha value is -2.89. The molecule has 3 aromatic carbocycles. The molecule has 0 aliphatic carbocycles. The van der Waals surface area contributed by atoms with E-state index in [1.165, 1.54) is 25.7 Å². The van der Waals surface area contributed by atoms with Crippen LogP contribution in [0, 0.1) is 5.82 Å². The molecule has 0 N–H and O–H groups in total. The molecule has 1 unspecified atom stereocenters. The van der Waals surface area contributed by atoms with E-state index in [4.69, 9.17) is 18.9 Å². The first kappa shape index (κ1) is 36.6. The highest BCUT2D eigenvalue weighted by Gasteiger charge is 2.24. The van der Waals surface area contributed by atoms with Crippen molar-refractivity contribution < 1.29 is 23.3 Å². The van der Waals surface area contributed by atoms with Crippen LogP contribution in [-0.4, -0.2) is 32.2 Å². The fraction of sp³-hybridized carbons (Fsp3) is 0.550. The van der Waals surface area contributed by atoms with Gasteiger partial charge in [-0.3, -0.25) is 0 Å². The van der Waals surface area contributed by atoms with Gasteiger partial charge in [0.25, 0.3) is 0 Å². The lowest BCUT2D eigenvalue weighted by Gasteiger charge is -2.27. The molecule has 0 saturated carbocycles. The van der Waals surface area contributed by atoms with Crippen molar-refractivity contribution >= 4 is 0 Å². The monoisotopic (exact) mass is 620 g/mol. The SMILES string of the molecule is CCCCCCCCOc1ccc(-c2ccccc2-c2ccc(OC(OCCCCC)[C@H](CC)OCCCCC)cc2)cc1F. The lowest BCUT2D eigenvalue weighted by atomic mass is 9.94. The van der Waals surface area contributed by atoms with E-state index in [9.17, 15) is 0 Å². The molecule has 0 bridgehead atoms. The zero-order chi connectivity index (χ0) is 32.1. The van der Waals surface area contributed by atoms with E-state index >= 15 is 4.39 Å². The van der Waals surface area contributed by atoms with Crippen molar-refractivity contribution in [2.45, 2.75) is 124 Å². The fourth-order valence-electron chi connectivity index (χ4n) is 5.43. The summed E-state index contributed by atoms with van der Waals surface area (Å²) in [5.41, 5.74) is 3.85. The van der Waals surface area contributed by atoms with Gasteiger partial charge in [0, 0.05) is 6.61 Å². The number of unbranched alkanes of at least 4 members (excludes halogenated alkanes) is 9. The molecule has 0 radical (unpaired) electrons. The maximum Gasteiger partial charge on any atom is 0.226 e. The average Bonchev–Trinajstić information content (AvgIpc) is 3.07. The number of ether oxygens (including phenoxy) is 4. The van der Waals surface area contributed by atoms with Gasteiger partial charge in [-0.2, -0.15) is 0 Å². The predicted octanol–water partition coefficient (Wildman–Crippen LogP) is 11.8. The third-order valence-corrected chi connectivity index (χ3v) is 8.16. The highest BCUT2D eigenvalue weighted by Crippen LogP contribution is 2.35. The van der Waals surface area contributed by atoms with Gasteiger partial charge in [0.1, 0.15) is 11.9 Å². The molecule has 0 aromatic heterocycles. The Morgan fingerprint density at radius 3 is 1.78 bits per heavy atom. The normalized spacial score (nSPS) is 12.6. The molecule has 3 rings (SSSR count). The van der Waals surface area contributed by atoms with Gasteiger partial charge < -0.3 is 18.9 Å². The van der Waals surface area contributed by atoms with Crippen LogP contribution in [0.5, 0.6) is 11.5 Å². The molecule has 5 heteroatoms. The number of benzene rings is 3. The molecule has 0 fully saturated rings. The van der Waals surface area contributed by atoms with E-state index in [0.717, 1.165) is 85.8 Å². The summed E-state index contributed by atoms with van der Waals surface area (Å²) in [6.45, 7) is 10.6. The third kappa shape index (κ3) is 12.8. The van der Waals surface area contributed by atoms with Crippen LogP contribution >= 0.6 is 0 Å². The first-order valence-electron chi connectivity index (χ1n) is 17.6. The van der Waals surface area contributed by atoms with E-state index in [0.29, 0.717) is 25.6 Å². The first-order chi connectivity index (χ1) is 22.1. The van der Waals surface area contributed by atoms with Crippen LogP contribution in [-0.2, 0) is 9.47 Å². The maximum atomic E-state index is 15.1. The summed E-state index contributed by atoms with van der Waals surface area (Å²) in [6, 6.07) is 21.5. The lowest BCUT2D eigenvalue weighted by molar-refractivity contribution is -0.165. The van der Waals surface area contributed by atoms with Gasteiger partial charge in [0.2, 0.25) is 6.29 Å².